The number of imidazole rings is 1. The minimum absolute atomic E-state index is 0.112. The minimum atomic E-state index is -0.616. The van der Waals surface area contributed by atoms with E-state index in [2.05, 4.69) is 15.6 Å². The molecule has 0 fully saturated rings. The second-order valence-corrected chi connectivity index (χ2v) is 5.43. The van der Waals surface area contributed by atoms with Crippen molar-refractivity contribution in [2.75, 3.05) is 0 Å². The van der Waals surface area contributed by atoms with Crippen LogP contribution in [0.5, 0.6) is 0 Å². The number of aromatic nitrogens is 4. The van der Waals surface area contributed by atoms with Gasteiger partial charge in [0.2, 0.25) is 5.91 Å². The zero-order valence-electron chi connectivity index (χ0n) is 13.3. The van der Waals surface area contributed by atoms with Crippen molar-refractivity contribution < 1.29 is 9.59 Å². The summed E-state index contributed by atoms with van der Waals surface area (Å²) in [5, 5.41) is 4.68. The molecule has 124 valence electrons. The Morgan fingerprint density at radius 2 is 1.87 bits per heavy atom. The van der Waals surface area contributed by atoms with Crippen molar-refractivity contribution in [1.82, 2.24) is 29.3 Å². The zero-order valence-corrected chi connectivity index (χ0v) is 13.3. The maximum absolute atomic E-state index is 12.2. The smallest absolute Gasteiger partial charge is 0.332 e. The summed E-state index contributed by atoms with van der Waals surface area (Å²) in [5.41, 5.74) is -0.764. The van der Waals surface area contributed by atoms with E-state index in [0.717, 1.165) is 4.57 Å². The number of hydrogen-bond acceptors (Lipinski definition) is 5. The summed E-state index contributed by atoms with van der Waals surface area (Å²) in [4.78, 5) is 51.4. The molecule has 10 heteroatoms. The summed E-state index contributed by atoms with van der Waals surface area (Å²) in [5.74, 6) is -0.599. The number of carbonyl (C=O) groups excluding carboxylic acids is 2. The summed E-state index contributed by atoms with van der Waals surface area (Å²) in [7, 11) is 2.83. The Morgan fingerprint density at radius 1 is 1.22 bits per heavy atom. The van der Waals surface area contributed by atoms with E-state index in [0.29, 0.717) is 0 Å². The Bertz CT molecular complexity index is 888. The lowest BCUT2D eigenvalue weighted by Crippen LogP contribution is -2.44. The van der Waals surface area contributed by atoms with Crippen molar-refractivity contribution in [3.8, 4) is 0 Å². The molecule has 0 aromatic carbocycles. The third-order valence-electron chi connectivity index (χ3n) is 3.20. The average Bonchev–Trinajstić information content (AvgIpc) is 2.85. The van der Waals surface area contributed by atoms with Crippen molar-refractivity contribution in [3.05, 3.63) is 27.2 Å². The third-order valence-corrected chi connectivity index (χ3v) is 3.20. The number of fused-ring (bicyclic) bond motifs is 1. The van der Waals surface area contributed by atoms with Crippen molar-refractivity contribution in [1.29, 1.82) is 0 Å². The first-order chi connectivity index (χ1) is 10.7. The van der Waals surface area contributed by atoms with Crippen LogP contribution < -0.4 is 21.9 Å². The molecule has 2 rings (SSSR count). The second kappa shape index (κ2) is 6.07. The molecule has 0 saturated carbocycles. The minimum Gasteiger partial charge on any atom is -0.336 e. The first kappa shape index (κ1) is 16.5. The monoisotopic (exact) mass is 322 g/mol. The van der Waals surface area contributed by atoms with Crippen LogP contribution in [0.25, 0.3) is 11.2 Å². The van der Waals surface area contributed by atoms with Crippen LogP contribution in [-0.4, -0.2) is 36.7 Å². The number of aryl methyl sites for hydroxylation is 1. The molecule has 3 amide bonds. The molecule has 2 N–H and O–H groups in total. The quantitative estimate of drug-likeness (QED) is 0.725. The fourth-order valence-corrected chi connectivity index (χ4v) is 2.14. The molecule has 0 bridgehead atoms. The van der Waals surface area contributed by atoms with Gasteiger partial charge in [-0.1, -0.05) is 0 Å². The van der Waals surface area contributed by atoms with Crippen LogP contribution in [0, 0.1) is 0 Å². The number of nitrogens with zero attached hydrogens (tertiary/aromatic N) is 4. The largest absolute Gasteiger partial charge is 0.336 e. The molecule has 2 aromatic rings. The molecule has 0 aliphatic carbocycles. The first-order valence-electron chi connectivity index (χ1n) is 6.93. The van der Waals surface area contributed by atoms with Crippen molar-refractivity contribution >= 4 is 23.1 Å². The molecule has 0 aliphatic rings. The van der Waals surface area contributed by atoms with Gasteiger partial charge in [-0.15, -0.1) is 0 Å². The standard InChI is InChI=1S/C13H18N6O4/c1-7(2)15-12(22)16-8(20)5-19-6-14-10-9(19)11(21)18(4)13(23)17(10)3/h6-7H,5H2,1-4H3,(H2,15,16,20,22). The maximum Gasteiger partial charge on any atom is 0.332 e. The molecular weight excluding hydrogens is 304 g/mol. The number of amides is 3. The number of rotatable bonds is 3. The molecule has 0 atom stereocenters. The van der Waals surface area contributed by atoms with E-state index in [1.54, 1.807) is 13.8 Å². The molecule has 0 unspecified atom stereocenters. The summed E-state index contributed by atoms with van der Waals surface area (Å²) in [6, 6.07) is -0.728. The number of carbonyl (C=O) groups is 2. The molecule has 0 radical (unpaired) electrons. The van der Waals surface area contributed by atoms with Crippen LogP contribution in [-0.2, 0) is 25.4 Å². The summed E-state index contributed by atoms with van der Waals surface area (Å²) >= 11 is 0. The lowest BCUT2D eigenvalue weighted by Gasteiger charge is -2.10. The van der Waals surface area contributed by atoms with Crippen LogP contribution in [0.1, 0.15) is 13.8 Å². The van der Waals surface area contributed by atoms with E-state index in [9.17, 15) is 19.2 Å². The SMILES string of the molecule is CC(C)NC(=O)NC(=O)Cn1cnc2c1c(=O)n(C)c(=O)n2C. The highest BCUT2D eigenvalue weighted by atomic mass is 16.2. The van der Waals surface area contributed by atoms with E-state index in [1.165, 1.54) is 29.6 Å². The number of nitrogens with one attached hydrogen (secondary N) is 2. The number of imide groups is 1. The molecule has 2 heterocycles. The maximum atomic E-state index is 12.2. The highest BCUT2D eigenvalue weighted by Crippen LogP contribution is 2.04. The van der Waals surface area contributed by atoms with Crippen LogP contribution in [0.4, 0.5) is 4.79 Å². The Hall–Kier alpha value is -2.91. The lowest BCUT2D eigenvalue weighted by molar-refractivity contribution is -0.120. The Labute approximate surface area is 130 Å². The van der Waals surface area contributed by atoms with Gasteiger partial charge in [0.15, 0.2) is 11.2 Å². The first-order valence-corrected chi connectivity index (χ1v) is 6.93. The van der Waals surface area contributed by atoms with Crippen molar-refractivity contribution in [2.45, 2.75) is 26.4 Å². The summed E-state index contributed by atoms with van der Waals surface area (Å²) in [6.45, 7) is 3.25. The van der Waals surface area contributed by atoms with E-state index in [1.807, 2.05) is 0 Å². The fraction of sp³-hybridized carbons (Fsp3) is 0.462. The normalized spacial score (nSPS) is 11.0. The zero-order chi connectivity index (χ0) is 17.3. The van der Waals surface area contributed by atoms with Gasteiger partial charge in [0, 0.05) is 20.1 Å². The highest BCUT2D eigenvalue weighted by molar-refractivity contribution is 5.94. The van der Waals surface area contributed by atoms with Gasteiger partial charge in [-0.3, -0.25) is 24.0 Å². The van der Waals surface area contributed by atoms with E-state index >= 15 is 0 Å². The molecule has 23 heavy (non-hydrogen) atoms. The van der Waals surface area contributed by atoms with Gasteiger partial charge in [0.1, 0.15) is 6.54 Å². The van der Waals surface area contributed by atoms with Gasteiger partial charge in [-0.25, -0.2) is 14.6 Å². The van der Waals surface area contributed by atoms with Crippen LogP contribution >= 0.6 is 0 Å². The third kappa shape index (κ3) is 3.15. The van der Waals surface area contributed by atoms with E-state index in [4.69, 9.17) is 0 Å². The topological polar surface area (TPSA) is 120 Å². The van der Waals surface area contributed by atoms with Gasteiger partial charge in [0.25, 0.3) is 5.56 Å². The lowest BCUT2D eigenvalue weighted by atomic mass is 10.4. The average molecular weight is 322 g/mol. The Kier molecular flexibility index (Phi) is 4.34. The predicted molar refractivity (Wildman–Crippen MR) is 82.0 cm³/mol. The molecule has 0 spiro atoms. The number of urea groups is 1. The van der Waals surface area contributed by atoms with Gasteiger partial charge >= 0.3 is 11.7 Å². The molecule has 10 nitrogen and oxygen atoms in total. The van der Waals surface area contributed by atoms with Gasteiger partial charge < -0.3 is 9.88 Å². The van der Waals surface area contributed by atoms with Gasteiger partial charge in [-0.2, -0.15) is 0 Å². The van der Waals surface area contributed by atoms with Crippen LogP contribution in [0.15, 0.2) is 15.9 Å². The predicted octanol–water partition coefficient (Wildman–Crippen LogP) is -1.33. The highest BCUT2D eigenvalue weighted by Gasteiger charge is 2.16. The van der Waals surface area contributed by atoms with Gasteiger partial charge in [-0.05, 0) is 13.8 Å². The molecule has 0 saturated heterocycles. The fourth-order valence-electron chi connectivity index (χ4n) is 2.14. The van der Waals surface area contributed by atoms with Crippen molar-refractivity contribution in [2.24, 2.45) is 14.1 Å². The molecule has 0 aliphatic heterocycles. The van der Waals surface area contributed by atoms with E-state index in [-0.39, 0.29) is 23.8 Å². The Morgan fingerprint density at radius 3 is 2.48 bits per heavy atom. The molecular formula is C13H18N6O4. The van der Waals surface area contributed by atoms with Crippen molar-refractivity contribution in [3.63, 3.8) is 0 Å². The Balaban J connectivity index is 2.32. The van der Waals surface area contributed by atoms with Crippen LogP contribution in [0.2, 0.25) is 0 Å². The summed E-state index contributed by atoms with van der Waals surface area (Å²) < 4.78 is 3.45. The summed E-state index contributed by atoms with van der Waals surface area (Å²) in [6.07, 6.45) is 1.28. The van der Waals surface area contributed by atoms with Gasteiger partial charge in [0.05, 0.1) is 6.33 Å². The van der Waals surface area contributed by atoms with Crippen LogP contribution in [0.3, 0.4) is 0 Å². The second-order valence-electron chi connectivity index (χ2n) is 5.43. The molecule has 2 aromatic heterocycles. The number of hydrogen-bond donors (Lipinski definition) is 2. The van der Waals surface area contributed by atoms with E-state index < -0.39 is 23.2 Å².